The van der Waals surface area contributed by atoms with Gasteiger partial charge in [-0.1, -0.05) is 0 Å². The van der Waals surface area contributed by atoms with E-state index < -0.39 is 0 Å². The van der Waals surface area contributed by atoms with Crippen LogP contribution in [0.4, 0.5) is 11.6 Å². The smallest absolute Gasteiger partial charge is 0.158 e. The Morgan fingerprint density at radius 2 is 2.10 bits per heavy atom. The van der Waals surface area contributed by atoms with E-state index in [1.165, 1.54) is 0 Å². The van der Waals surface area contributed by atoms with Crippen LogP contribution < -0.4 is 10.6 Å². The number of hydrogen-bond acceptors (Lipinski definition) is 7. The molecule has 8 heteroatoms. The number of ether oxygens (including phenoxy) is 1. The highest BCUT2D eigenvalue weighted by Crippen LogP contribution is 2.12. The predicted molar refractivity (Wildman–Crippen MR) is 75.2 cm³/mol. The zero-order chi connectivity index (χ0) is 14.4. The normalized spacial score (nSPS) is 10.6. The molecular formula is C12H19N7O. The third-order valence-electron chi connectivity index (χ3n) is 2.70. The van der Waals surface area contributed by atoms with Crippen LogP contribution in [-0.2, 0) is 24.9 Å². The van der Waals surface area contributed by atoms with E-state index in [9.17, 15) is 0 Å². The number of hydrogen-bond donors (Lipinski definition) is 2. The molecule has 0 aliphatic carbocycles. The van der Waals surface area contributed by atoms with Gasteiger partial charge >= 0.3 is 0 Å². The van der Waals surface area contributed by atoms with Crippen molar-refractivity contribution in [2.45, 2.75) is 20.1 Å². The van der Waals surface area contributed by atoms with Crippen LogP contribution in [0.3, 0.4) is 0 Å². The summed E-state index contributed by atoms with van der Waals surface area (Å²) in [6.45, 7) is 3.51. The lowest BCUT2D eigenvalue weighted by Crippen LogP contribution is -2.10. The summed E-state index contributed by atoms with van der Waals surface area (Å²) in [6, 6.07) is 1.84. The highest BCUT2D eigenvalue weighted by atomic mass is 16.5. The van der Waals surface area contributed by atoms with Gasteiger partial charge in [-0.05, 0) is 6.92 Å². The molecule has 0 aromatic carbocycles. The van der Waals surface area contributed by atoms with Gasteiger partial charge in [-0.15, -0.1) is 10.2 Å². The molecular weight excluding hydrogens is 258 g/mol. The monoisotopic (exact) mass is 277 g/mol. The fourth-order valence-electron chi connectivity index (χ4n) is 1.61. The lowest BCUT2D eigenvalue weighted by atomic mass is 10.4. The highest BCUT2D eigenvalue weighted by Gasteiger charge is 2.06. The lowest BCUT2D eigenvalue weighted by Gasteiger charge is -2.09. The van der Waals surface area contributed by atoms with E-state index in [4.69, 9.17) is 4.74 Å². The van der Waals surface area contributed by atoms with E-state index >= 15 is 0 Å². The summed E-state index contributed by atoms with van der Waals surface area (Å²) in [4.78, 5) is 8.73. The Kier molecular flexibility index (Phi) is 4.83. The summed E-state index contributed by atoms with van der Waals surface area (Å²) in [6.07, 6.45) is 1.66. The summed E-state index contributed by atoms with van der Waals surface area (Å²) in [7, 11) is 3.72. The van der Waals surface area contributed by atoms with Gasteiger partial charge in [0, 0.05) is 26.8 Å². The fraction of sp³-hybridized carbons (Fsp3) is 0.500. The van der Waals surface area contributed by atoms with Crippen LogP contribution >= 0.6 is 0 Å². The van der Waals surface area contributed by atoms with Crippen molar-refractivity contribution in [3.8, 4) is 0 Å². The Balaban J connectivity index is 2.07. The first-order valence-electron chi connectivity index (χ1n) is 6.43. The van der Waals surface area contributed by atoms with Gasteiger partial charge in [0.25, 0.3) is 0 Å². The van der Waals surface area contributed by atoms with Crippen LogP contribution in [0, 0.1) is 0 Å². The molecule has 0 bridgehead atoms. The van der Waals surface area contributed by atoms with E-state index in [0.717, 1.165) is 17.5 Å². The second kappa shape index (κ2) is 6.80. The van der Waals surface area contributed by atoms with Crippen LogP contribution in [0.25, 0.3) is 0 Å². The van der Waals surface area contributed by atoms with Gasteiger partial charge in [0.2, 0.25) is 0 Å². The Hall–Kier alpha value is -2.22. The number of aromatic nitrogens is 5. The first-order chi connectivity index (χ1) is 9.72. The minimum absolute atomic E-state index is 0.394. The van der Waals surface area contributed by atoms with Crippen LogP contribution in [-0.4, -0.2) is 38.4 Å². The quantitative estimate of drug-likeness (QED) is 0.773. The summed E-state index contributed by atoms with van der Waals surface area (Å²) in [5, 5.41) is 14.1. The molecule has 2 aromatic heterocycles. The topological polar surface area (TPSA) is 89.8 Å². The number of anilines is 2. The SMILES string of the molecule is CCOCc1nc(NC)cc(NCc2nncn2C)n1. The molecule has 0 fully saturated rings. The molecule has 108 valence electrons. The molecule has 2 N–H and O–H groups in total. The lowest BCUT2D eigenvalue weighted by molar-refractivity contribution is 0.128. The molecule has 0 saturated heterocycles. The first kappa shape index (κ1) is 14.2. The van der Waals surface area contributed by atoms with Crippen molar-refractivity contribution in [1.29, 1.82) is 0 Å². The average molecular weight is 277 g/mol. The van der Waals surface area contributed by atoms with Crippen LogP contribution in [0.15, 0.2) is 12.4 Å². The van der Waals surface area contributed by atoms with Crippen LogP contribution in [0.5, 0.6) is 0 Å². The molecule has 0 atom stereocenters. The van der Waals surface area contributed by atoms with Crippen molar-refractivity contribution in [1.82, 2.24) is 24.7 Å². The minimum Gasteiger partial charge on any atom is -0.374 e. The van der Waals surface area contributed by atoms with E-state index in [1.807, 2.05) is 31.7 Å². The van der Waals surface area contributed by atoms with Crippen molar-refractivity contribution in [2.24, 2.45) is 7.05 Å². The molecule has 0 aliphatic heterocycles. The minimum atomic E-state index is 0.394. The van der Waals surface area contributed by atoms with Gasteiger partial charge in [0.15, 0.2) is 11.6 Å². The maximum atomic E-state index is 5.34. The van der Waals surface area contributed by atoms with Gasteiger partial charge in [-0.2, -0.15) is 0 Å². The first-order valence-corrected chi connectivity index (χ1v) is 6.43. The Morgan fingerprint density at radius 3 is 2.75 bits per heavy atom. The number of nitrogens with one attached hydrogen (secondary N) is 2. The van der Waals surface area contributed by atoms with Crippen molar-refractivity contribution >= 4 is 11.6 Å². The molecule has 0 unspecified atom stereocenters. The molecule has 2 aromatic rings. The maximum absolute atomic E-state index is 5.34. The van der Waals surface area contributed by atoms with Gasteiger partial charge < -0.3 is 19.9 Å². The number of aryl methyl sites for hydroxylation is 1. The second-order valence-corrected chi connectivity index (χ2v) is 4.15. The van der Waals surface area contributed by atoms with Crippen molar-refractivity contribution in [3.63, 3.8) is 0 Å². The van der Waals surface area contributed by atoms with E-state index in [0.29, 0.717) is 25.6 Å². The Morgan fingerprint density at radius 1 is 1.30 bits per heavy atom. The van der Waals surface area contributed by atoms with Gasteiger partial charge in [0.05, 0.1) is 6.54 Å². The molecule has 8 nitrogen and oxygen atoms in total. The third kappa shape index (κ3) is 3.64. The molecule has 0 amide bonds. The zero-order valence-corrected chi connectivity index (χ0v) is 11.9. The summed E-state index contributed by atoms with van der Waals surface area (Å²) in [5.74, 6) is 2.94. The molecule has 2 rings (SSSR count). The van der Waals surface area contributed by atoms with Gasteiger partial charge in [0.1, 0.15) is 24.6 Å². The standard InChI is InChI=1S/C12H19N7O/c1-4-20-7-11-16-9(13-2)5-10(17-11)14-6-12-18-15-8-19(12)3/h5,8H,4,6-7H2,1-3H3,(H2,13,14,16,17). The zero-order valence-electron chi connectivity index (χ0n) is 11.9. The molecule has 0 saturated carbocycles. The summed E-state index contributed by atoms with van der Waals surface area (Å²) < 4.78 is 7.19. The van der Waals surface area contributed by atoms with Crippen molar-refractivity contribution in [3.05, 3.63) is 24.0 Å². The average Bonchev–Trinajstić information content (AvgIpc) is 2.88. The number of rotatable bonds is 7. The second-order valence-electron chi connectivity index (χ2n) is 4.15. The fourth-order valence-corrected chi connectivity index (χ4v) is 1.61. The maximum Gasteiger partial charge on any atom is 0.158 e. The van der Waals surface area contributed by atoms with Crippen molar-refractivity contribution < 1.29 is 4.74 Å². The van der Waals surface area contributed by atoms with Gasteiger partial charge in [-0.3, -0.25) is 0 Å². The van der Waals surface area contributed by atoms with Crippen LogP contribution in [0.2, 0.25) is 0 Å². The predicted octanol–water partition coefficient (Wildman–Crippen LogP) is 0.795. The third-order valence-corrected chi connectivity index (χ3v) is 2.70. The largest absolute Gasteiger partial charge is 0.374 e. The van der Waals surface area contributed by atoms with Gasteiger partial charge in [-0.25, -0.2) is 9.97 Å². The molecule has 2 heterocycles. The van der Waals surface area contributed by atoms with E-state index in [-0.39, 0.29) is 0 Å². The van der Waals surface area contributed by atoms with E-state index in [1.54, 1.807) is 6.33 Å². The Labute approximate surface area is 117 Å². The Bertz CT molecular complexity index is 554. The van der Waals surface area contributed by atoms with E-state index in [2.05, 4.69) is 30.8 Å². The van der Waals surface area contributed by atoms with Crippen molar-refractivity contribution in [2.75, 3.05) is 24.3 Å². The summed E-state index contributed by atoms with van der Waals surface area (Å²) in [5.41, 5.74) is 0. The molecule has 0 spiro atoms. The molecule has 0 radical (unpaired) electrons. The van der Waals surface area contributed by atoms with Crippen LogP contribution in [0.1, 0.15) is 18.6 Å². The molecule has 0 aliphatic rings. The highest BCUT2D eigenvalue weighted by molar-refractivity contribution is 5.47. The summed E-state index contributed by atoms with van der Waals surface area (Å²) >= 11 is 0. The number of nitrogens with zero attached hydrogens (tertiary/aromatic N) is 5. The molecule has 20 heavy (non-hydrogen) atoms.